The Morgan fingerprint density at radius 1 is 0.322 bits per heavy atom. The number of esters is 2. The number of carbonyl (C=O) groups excluding carboxylic acids is 2. The van der Waals surface area contributed by atoms with E-state index in [0.717, 1.165) is 32.1 Å². The van der Waals surface area contributed by atoms with Crippen molar-refractivity contribution in [3.05, 3.63) is 0 Å². The fraction of sp³-hybridized carbons (Fsp3) is 0.963. The molecule has 0 unspecified atom stereocenters. The van der Waals surface area contributed by atoms with E-state index in [9.17, 15) is 14.7 Å². The Morgan fingerprint density at radius 3 is 0.746 bits per heavy atom. The van der Waals surface area contributed by atoms with E-state index in [4.69, 9.17) is 9.47 Å². The highest BCUT2D eigenvalue weighted by Gasteiger charge is 2.16. The first-order chi connectivity index (χ1) is 29.1. The summed E-state index contributed by atoms with van der Waals surface area (Å²) in [5.74, 6) is -0.564. The van der Waals surface area contributed by atoms with Crippen LogP contribution in [0.25, 0.3) is 0 Å². The zero-order valence-electron chi connectivity index (χ0n) is 40.3. The predicted molar refractivity (Wildman–Crippen MR) is 256 cm³/mol. The molecule has 0 rings (SSSR count). The Bertz CT molecular complexity index is 815. The Labute approximate surface area is 369 Å². The van der Waals surface area contributed by atoms with E-state index in [-0.39, 0.29) is 25.2 Å². The normalized spacial score (nSPS) is 12.0. The average Bonchev–Trinajstić information content (AvgIpc) is 3.24. The van der Waals surface area contributed by atoms with E-state index < -0.39 is 6.10 Å². The molecule has 0 saturated heterocycles. The molecule has 5 nitrogen and oxygen atoms in total. The minimum absolute atomic E-state index is 0.0558. The van der Waals surface area contributed by atoms with Gasteiger partial charge in [-0.05, 0) is 12.8 Å². The second-order valence-corrected chi connectivity index (χ2v) is 18.7. The molecule has 0 spiro atoms. The van der Waals surface area contributed by atoms with Crippen LogP contribution >= 0.6 is 0 Å². The monoisotopic (exact) mass is 835 g/mol. The van der Waals surface area contributed by atoms with Crippen LogP contribution in [0.1, 0.15) is 316 Å². The first-order valence-corrected chi connectivity index (χ1v) is 27.1. The van der Waals surface area contributed by atoms with Crippen molar-refractivity contribution in [2.24, 2.45) is 0 Å². The molecule has 0 radical (unpaired) electrons. The first kappa shape index (κ1) is 57.9. The average molecular weight is 835 g/mol. The van der Waals surface area contributed by atoms with Gasteiger partial charge in [-0.15, -0.1) is 0 Å². The van der Waals surface area contributed by atoms with Crippen LogP contribution in [-0.4, -0.2) is 36.4 Å². The lowest BCUT2D eigenvalue weighted by molar-refractivity contribution is -0.161. The molecule has 0 aromatic heterocycles. The summed E-state index contributed by atoms with van der Waals surface area (Å²) in [4.78, 5) is 24.5. The topological polar surface area (TPSA) is 72.8 Å². The highest BCUT2D eigenvalue weighted by molar-refractivity contribution is 5.70. The van der Waals surface area contributed by atoms with Gasteiger partial charge in [-0.1, -0.05) is 290 Å². The number of aliphatic hydroxyl groups excluding tert-OH is 1. The van der Waals surface area contributed by atoms with Gasteiger partial charge in [0.05, 0.1) is 6.61 Å². The van der Waals surface area contributed by atoms with Gasteiger partial charge >= 0.3 is 11.9 Å². The van der Waals surface area contributed by atoms with Crippen LogP contribution in [0.15, 0.2) is 0 Å². The molecular formula is C54H106O5. The summed E-state index contributed by atoms with van der Waals surface area (Å²) in [6.45, 7) is 4.21. The summed E-state index contributed by atoms with van der Waals surface area (Å²) in [6, 6.07) is 0. The van der Waals surface area contributed by atoms with E-state index in [1.807, 2.05) is 0 Å². The van der Waals surface area contributed by atoms with Gasteiger partial charge in [0.25, 0.3) is 0 Å². The van der Waals surface area contributed by atoms with E-state index >= 15 is 0 Å². The van der Waals surface area contributed by atoms with Gasteiger partial charge in [-0.25, -0.2) is 0 Å². The number of rotatable bonds is 51. The number of hydrogen-bond donors (Lipinski definition) is 1. The zero-order valence-corrected chi connectivity index (χ0v) is 40.3. The Balaban J connectivity index is 3.41. The molecule has 0 aliphatic heterocycles. The molecule has 0 aliphatic rings. The fourth-order valence-electron chi connectivity index (χ4n) is 8.56. The van der Waals surface area contributed by atoms with Crippen molar-refractivity contribution in [2.45, 2.75) is 322 Å². The predicted octanol–water partition coefficient (Wildman–Crippen LogP) is 17.8. The van der Waals surface area contributed by atoms with E-state index in [1.54, 1.807) is 0 Å². The number of ether oxygens (including phenoxy) is 2. The van der Waals surface area contributed by atoms with Crippen LogP contribution in [0.2, 0.25) is 0 Å². The van der Waals surface area contributed by atoms with Gasteiger partial charge in [0.1, 0.15) is 6.61 Å². The molecular weight excluding hydrogens is 729 g/mol. The number of carbonyl (C=O) groups is 2. The summed E-state index contributed by atoms with van der Waals surface area (Å²) < 4.78 is 10.7. The molecule has 1 N–H and O–H groups in total. The largest absolute Gasteiger partial charge is 0.462 e. The van der Waals surface area contributed by atoms with Crippen molar-refractivity contribution < 1.29 is 24.2 Å². The molecule has 5 heteroatoms. The molecule has 59 heavy (non-hydrogen) atoms. The molecule has 352 valence electrons. The quantitative estimate of drug-likeness (QED) is 0.0488. The molecule has 0 amide bonds. The number of unbranched alkanes of at least 4 members (excludes halogenated alkanes) is 43. The summed E-state index contributed by atoms with van der Waals surface area (Å²) in [6.07, 6.45) is 60.7. The third kappa shape index (κ3) is 49.4. The molecule has 0 saturated carbocycles. The van der Waals surface area contributed by atoms with Crippen molar-refractivity contribution >= 4 is 11.9 Å². The Hall–Kier alpha value is -1.10. The molecule has 0 bridgehead atoms. The standard InChI is InChI=1S/C54H106O5/c1-3-5-7-9-11-13-15-17-19-21-23-25-27-29-31-33-35-37-39-41-43-45-47-49-54(57)59-52(50-55)51-58-53(56)48-46-44-42-40-38-36-34-32-30-28-26-24-22-20-18-16-14-12-10-8-6-4-2/h52,55H,3-51H2,1-2H3/t52-/m0/s1. The lowest BCUT2D eigenvalue weighted by Gasteiger charge is -2.15. The Morgan fingerprint density at radius 2 is 0.525 bits per heavy atom. The summed E-state index contributed by atoms with van der Waals surface area (Å²) in [5.41, 5.74) is 0. The minimum atomic E-state index is -0.763. The summed E-state index contributed by atoms with van der Waals surface area (Å²) >= 11 is 0. The van der Waals surface area contributed by atoms with Crippen LogP contribution in [0.3, 0.4) is 0 Å². The first-order valence-electron chi connectivity index (χ1n) is 27.1. The van der Waals surface area contributed by atoms with Gasteiger partial charge < -0.3 is 14.6 Å². The number of hydrogen-bond acceptors (Lipinski definition) is 5. The van der Waals surface area contributed by atoms with Crippen molar-refractivity contribution in [3.63, 3.8) is 0 Å². The molecule has 0 aromatic carbocycles. The third-order valence-corrected chi connectivity index (χ3v) is 12.7. The SMILES string of the molecule is CCCCCCCCCCCCCCCCCCCCCCCCCC(=O)O[C@@H](CO)COC(=O)CCCCCCCCCCCCCCCCCCCCCCCC. The van der Waals surface area contributed by atoms with Crippen molar-refractivity contribution in [3.8, 4) is 0 Å². The molecule has 0 heterocycles. The lowest BCUT2D eigenvalue weighted by Crippen LogP contribution is -2.28. The van der Waals surface area contributed by atoms with Crippen molar-refractivity contribution in [1.29, 1.82) is 0 Å². The van der Waals surface area contributed by atoms with Crippen LogP contribution in [-0.2, 0) is 19.1 Å². The van der Waals surface area contributed by atoms with Gasteiger partial charge in [0, 0.05) is 12.8 Å². The molecule has 0 aromatic rings. The van der Waals surface area contributed by atoms with Crippen molar-refractivity contribution in [2.75, 3.05) is 13.2 Å². The maximum atomic E-state index is 12.3. The van der Waals surface area contributed by atoms with Crippen LogP contribution in [0, 0.1) is 0 Å². The Kier molecular flexibility index (Phi) is 50.3. The van der Waals surface area contributed by atoms with E-state index in [1.165, 1.54) is 257 Å². The maximum absolute atomic E-state index is 12.3. The maximum Gasteiger partial charge on any atom is 0.306 e. The third-order valence-electron chi connectivity index (χ3n) is 12.7. The van der Waals surface area contributed by atoms with Gasteiger partial charge in [0.2, 0.25) is 0 Å². The van der Waals surface area contributed by atoms with Crippen LogP contribution < -0.4 is 0 Å². The minimum Gasteiger partial charge on any atom is -0.462 e. The highest BCUT2D eigenvalue weighted by atomic mass is 16.6. The number of aliphatic hydroxyl groups is 1. The van der Waals surface area contributed by atoms with Crippen LogP contribution in [0.5, 0.6) is 0 Å². The lowest BCUT2D eigenvalue weighted by atomic mass is 10.0. The van der Waals surface area contributed by atoms with E-state index in [0.29, 0.717) is 12.8 Å². The molecule has 0 aliphatic carbocycles. The molecule has 0 fully saturated rings. The summed E-state index contributed by atoms with van der Waals surface area (Å²) in [5, 5.41) is 9.64. The summed E-state index contributed by atoms with van der Waals surface area (Å²) in [7, 11) is 0. The second kappa shape index (κ2) is 51.3. The van der Waals surface area contributed by atoms with E-state index in [2.05, 4.69) is 13.8 Å². The van der Waals surface area contributed by atoms with Gasteiger partial charge in [-0.2, -0.15) is 0 Å². The van der Waals surface area contributed by atoms with Gasteiger partial charge in [-0.3, -0.25) is 9.59 Å². The fourth-order valence-corrected chi connectivity index (χ4v) is 8.56. The van der Waals surface area contributed by atoms with Gasteiger partial charge in [0.15, 0.2) is 6.10 Å². The highest BCUT2D eigenvalue weighted by Crippen LogP contribution is 2.18. The van der Waals surface area contributed by atoms with Crippen LogP contribution in [0.4, 0.5) is 0 Å². The molecule has 1 atom stereocenters. The zero-order chi connectivity index (χ0) is 42.8. The van der Waals surface area contributed by atoms with Crippen molar-refractivity contribution in [1.82, 2.24) is 0 Å². The smallest absolute Gasteiger partial charge is 0.306 e. The second-order valence-electron chi connectivity index (χ2n) is 18.7.